The number of rotatable bonds is 6. The first kappa shape index (κ1) is 13.9. The molecule has 0 aliphatic heterocycles. The highest BCUT2D eigenvalue weighted by atomic mass is 32.2. The number of nitrogens with one attached hydrogen (secondary N) is 2. The van der Waals surface area contributed by atoms with Crippen molar-refractivity contribution in [3.63, 3.8) is 0 Å². The maximum atomic E-state index is 10.8. The average molecular weight is 248 g/mol. The molecule has 1 unspecified atom stereocenters. The van der Waals surface area contributed by atoms with Gasteiger partial charge in [-0.05, 0) is 37.6 Å². The van der Waals surface area contributed by atoms with Crippen molar-refractivity contribution in [3.8, 4) is 0 Å². The van der Waals surface area contributed by atoms with E-state index in [0.29, 0.717) is 18.0 Å². The largest absolute Gasteiger partial charge is 0.314 e. The Morgan fingerprint density at radius 1 is 1.31 bits per heavy atom. The molecule has 1 aliphatic carbocycles. The van der Waals surface area contributed by atoms with Crippen LogP contribution in [-0.4, -0.2) is 33.8 Å². The van der Waals surface area contributed by atoms with Gasteiger partial charge >= 0.3 is 0 Å². The molecule has 1 fully saturated rings. The SMILES string of the molecule is CC1(C)CCC(NCCCNS(C)(=O)=O)C1. The van der Waals surface area contributed by atoms with Gasteiger partial charge < -0.3 is 5.32 Å². The van der Waals surface area contributed by atoms with E-state index in [4.69, 9.17) is 0 Å². The van der Waals surface area contributed by atoms with Gasteiger partial charge in [0.15, 0.2) is 0 Å². The first-order valence-corrected chi connectivity index (χ1v) is 7.86. The smallest absolute Gasteiger partial charge is 0.208 e. The molecule has 0 aromatic heterocycles. The Morgan fingerprint density at radius 2 is 2.00 bits per heavy atom. The highest BCUT2D eigenvalue weighted by Gasteiger charge is 2.30. The van der Waals surface area contributed by atoms with Crippen molar-refractivity contribution in [3.05, 3.63) is 0 Å². The van der Waals surface area contributed by atoms with Crippen LogP contribution in [0.5, 0.6) is 0 Å². The van der Waals surface area contributed by atoms with Crippen LogP contribution >= 0.6 is 0 Å². The molecule has 0 saturated heterocycles. The fourth-order valence-corrected chi connectivity index (χ4v) is 2.78. The van der Waals surface area contributed by atoms with E-state index in [1.54, 1.807) is 0 Å². The summed E-state index contributed by atoms with van der Waals surface area (Å²) in [7, 11) is -3.02. The summed E-state index contributed by atoms with van der Waals surface area (Å²) in [5.74, 6) is 0. The van der Waals surface area contributed by atoms with Gasteiger partial charge in [-0.3, -0.25) is 0 Å². The first-order chi connectivity index (χ1) is 7.29. The third-order valence-corrected chi connectivity index (χ3v) is 3.85. The van der Waals surface area contributed by atoms with Gasteiger partial charge in [0.1, 0.15) is 0 Å². The molecule has 1 saturated carbocycles. The van der Waals surface area contributed by atoms with Gasteiger partial charge in [0, 0.05) is 12.6 Å². The minimum atomic E-state index is -3.02. The Balaban J connectivity index is 2.05. The lowest BCUT2D eigenvalue weighted by molar-refractivity contribution is 0.364. The van der Waals surface area contributed by atoms with Gasteiger partial charge in [0.2, 0.25) is 10.0 Å². The van der Waals surface area contributed by atoms with E-state index in [-0.39, 0.29) is 0 Å². The third kappa shape index (κ3) is 5.82. The molecule has 96 valence electrons. The van der Waals surface area contributed by atoms with E-state index in [9.17, 15) is 8.42 Å². The first-order valence-electron chi connectivity index (χ1n) is 5.97. The summed E-state index contributed by atoms with van der Waals surface area (Å²) in [4.78, 5) is 0. The highest BCUT2D eigenvalue weighted by Crippen LogP contribution is 2.36. The Morgan fingerprint density at radius 3 is 2.50 bits per heavy atom. The zero-order valence-corrected chi connectivity index (χ0v) is 11.4. The molecule has 0 radical (unpaired) electrons. The van der Waals surface area contributed by atoms with Crippen molar-refractivity contribution in [1.29, 1.82) is 0 Å². The molecular formula is C11H24N2O2S. The van der Waals surface area contributed by atoms with Crippen molar-refractivity contribution in [2.45, 2.75) is 45.6 Å². The molecule has 5 heteroatoms. The lowest BCUT2D eigenvalue weighted by atomic mass is 9.92. The number of sulfonamides is 1. The molecule has 1 atom stereocenters. The van der Waals surface area contributed by atoms with E-state index in [0.717, 1.165) is 13.0 Å². The average Bonchev–Trinajstić information content (AvgIpc) is 2.43. The van der Waals surface area contributed by atoms with E-state index >= 15 is 0 Å². The normalized spacial score (nSPS) is 24.8. The monoisotopic (exact) mass is 248 g/mol. The number of hydrogen-bond donors (Lipinski definition) is 2. The molecule has 0 amide bonds. The van der Waals surface area contributed by atoms with E-state index in [1.807, 2.05) is 0 Å². The van der Waals surface area contributed by atoms with Gasteiger partial charge in [-0.25, -0.2) is 13.1 Å². The summed E-state index contributed by atoms with van der Waals surface area (Å²) in [5, 5.41) is 3.49. The fourth-order valence-electron chi connectivity index (χ4n) is 2.26. The highest BCUT2D eigenvalue weighted by molar-refractivity contribution is 7.88. The molecule has 1 rings (SSSR count). The molecular weight excluding hydrogens is 224 g/mol. The summed E-state index contributed by atoms with van der Waals surface area (Å²) < 4.78 is 24.1. The van der Waals surface area contributed by atoms with Crippen LogP contribution < -0.4 is 10.0 Å². The van der Waals surface area contributed by atoms with Crippen LogP contribution in [0.2, 0.25) is 0 Å². The Kier molecular flexibility index (Phi) is 4.76. The predicted octanol–water partition coefficient (Wildman–Crippen LogP) is 1.09. The molecule has 0 aromatic carbocycles. The van der Waals surface area contributed by atoms with E-state index < -0.39 is 10.0 Å². The van der Waals surface area contributed by atoms with Gasteiger partial charge in [-0.15, -0.1) is 0 Å². The van der Waals surface area contributed by atoms with Crippen molar-refractivity contribution in [2.24, 2.45) is 5.41 Å². The maximum Gasteiger partial charge on any atom is 0.208 e. The summed E-state index contributed by atoms with van der Waals surface area (Å²) in [5.41, 5.74) is 0.475. The van der Waals surface area contributed by atoms with Gasteiger partial charge in [0.05, 0.1) is 6.26 Å². The minimum Gasteiger partial charge on any atom is -0.314 e. The third-order valence-electron chi connectivity index (χ3n) is 3.12. The van der Waals surface area contributed by atoms with Crippen LogP contribution in [0.15, 0.2) is 0 Å². The zero-order valence-electron chi connectivity index (χ0n) is 10.5. The summed E-state index contributed by atoms with van der Waals surface area (Å²) in [6, 6.07) is 0.619. The van der Waals surface area contributed by atoms with Crippen LogP contribution in [0.1, 0.15) is 39.5 Å². The fraction of sp³-hybridized carbons (Fsp3) is 1.00. The zero-order chi connectivity index (χ0) is 12.2. The molecule has 0 spiro atoms. The second-order valence-electron chi connectivity index (χ2n) is 5.58. The Bertz CT molecular complexity index is 312. The lowest BCUT2D eigenvalue weighted by Gasteiger charge is -2.17. The summed E-state index contributed by atoms with van der Waals surface area (Å²) in [6.07, 6.45) is 5.80. The van der Waals surface area contributed by atoms with Crippen LogP contribution in [0, 0.1) is 5.41 Å². The predicted molar refractivity (Wildman–Crippen MR) is 66.9 cm³/mol. The van der Waals surface area contributed by atoms with E-state index in [1.165, 1.54) is 25.5 Å². The van der Waals surface area contributed by atoms with Crippen molar-refractivity contribution in [1.82, 2.24) is 10.0 Å². The van der Waals surface area contributed by atoms with Crippen LogP contribution in [0.3, 0.4) is 0 Å². The molecule has 0 aromatic rings. The summed E-state index contributed by atoms with van der Waals surface area (Å²) >= 11 is 0. The maximum absolute atomic E-state index is 10.8. The topological polar surface area (TPSA) is 58.2 Å². The van der Waals surface area contributed by atoms with Crippen molar-refractivity contribution >= 4 is 10.0 Å². The van der Waals surface area contributed by atoms with Crippen LogP contribution in [0.4, 0.5) is 0 Å². The standard InChI is InChI=1S/C11H24N2O2S/c1-11(2)6-5-10(9-11)12-7-4-8-13-16(3,14)15/h10,12-13H,4-9H2,1-3H3. The minimum absolute atomic E-state index is 0.475. The second-order valence-corrected chi connectivity index (χ2v) is 7.41. The van der Waals surface area contributed by atoms with Crippen LogP contribution in [0.25, 0.3) is 0 Å². The van der Waals surface area contributed by atoms with Gasteiger partial charge in [-0.2, -0.15) is 0 Å². The van der Waals surface area contributed by atoms with Crippen LogP contribution in [-0.2, 0) is 10.0 Å². The Hall–Kier alpha value is -0.130. The second kappa shape index (κ2) is 5.47. The van der Waals surface area contributed by atoms with Crippen molar-refractivity contribution < 1.29 is 8.42 Å². The van der Waals surface area contributed by atoms with Gasteiger partial charge in [0.25, 0.3) is 0 Å². The number of hydrogen-bond acceptors (Lipinski definition) is 3. The molecule has 4 nitrogen and oxygen atoms in total. The molecule has 0 heterocycles. The Labute approximate surface area is 99.2 Å². The lowest BCUT2D eigenvalue weighted by Crippen LogP contribution is -2.31. The quantitative estimate of drug-likeness (QED) is 0.692. The molecule has 2 N–H and O–H groups in total. The summed E-state index contributed by atoms with van der Waals surface area (Å²) in [6.45, 7) is 6.03. The molecule has 1 aliphatic rings. The van der Waals surface area contributed by atoms with E-state index in [2.05, 4.69) is 23.9 Å². The van der Waals surface area contributed by atoms with Crippen molar-refractivity contribution in [2.75, 3.05) is 19.3 Å². The van der Waals surface area contributed by atoms with Gasteiger partial charge in [-0.1, -0.05) is 13.8 Å². The molecule has 16 heavy (non-hydrogen) atoms. The molecule has 0 bridgehead atoms.